The Morgan fingerprint density at radius 1 is 0.500 bits per heavy atom. The van der Waals surface area contributed by atoms with Crippen molar-refractivity contribution >= 4 is 38.6 Å². The maximum absolute atomic E-state index is 2.55. The zero-order chi connectivity index (χ0) is 32.2. The average molecular weight is 620 g/mol. The Kier molecular flexibility index (Phi) is 6.97. The highest BCUT2D eigenvalue weighted by molar-refractivity contribution is 6.11. The molecule has 1 heteroatoms. The molecule has 48 heavy (non-hydrogen) atoms. The maximum Gasteiger partial charge on any atom is 0.0546 e. The van der Waals surface area contributed by atoms with Gasteiger partial charge in [0.25, 0.3) is 0 Å². The lowest BCUT2D eigenvalue weighted by molar-refractivity contribution is 0.443. The predicted molar refractivity (Wildman–Crippen MR) is 205 cm³/mol. The third-order valence-electron chi connectivity index (χ3n) is 11.2. The van der Waals surface area contributed by atoms with Crippen molar-refractivity contribution in [3.63, 3.8) is 0 Å². The first kappa shape index (κ1) is 29.0. The Morgan fingerprint density at radius 3 is 2.00 bits per heavy atom. The van der Waals surface area contributed by atoms with E-state index in [2.05, 4.69) is 164 Å². The second kappa shape index (κ2) is 11.5. The predicted octanol–water partition coefficient (Wildman–Crippen LogP) is 13.5. The van der Waals surface area contributed by atoms with Gasteiger partial charge >= 0.3 is 0 Å². The number of anilines is 3. The minimum absolute atomic E-state index is 0.0839. The summed E-state index contributed by atoms with van der Waals surface area (Å²) in [6, 6.07) is 54.8. The summed E-state index contributed by atoms with van der Waals surface area (Å²) in [5, 5.41) is 5.06. The largest absolute Gasteiger partial charge is 0.310 e. The Bertz CT molecular complexity index is 2310. The number of fused-ring (bicyclic) bond motifs is 5. The van der Waals surface area contributed by atoms with Crippen molar-refractivity contribution in [3.05, 3.63) is 162 Å². The van der Waals surface area contributed by atoms with Crippen molar-refractivity contribution in [2.45, 2.75) is 57.3 Å². The molecule has 234 valence electrons. The second-order valence-electron chi connectivity index (χ2n) is 14.4. The summed E-state index contributed by atoms with van der Waals surface area (Å²) >= 11 is 0. The summed E-state index contributed by atoms with van der Waals surface area (Å²) in [6.07, 6.45) is 6.59. The van der Waals surface area contributed by atoms with Crippen LogP contribution in [0.15, 0.2) is 146 Å². The molecule has 1 fully saturated rings. The van der Waals surface area contributed by atoms with Crippen LogP contribution in [-0.4, -0.2) is 0 Å². The number of hydrogen-bond donors (Lipinski definition) is 0. The van der Waals surface area contributed by atoms with E-state index in [9.17, 15) is 0 Å². The van der Waals surface area contributed by atoms with Crippen LogP contribution in [0.1, 0.15) is 68.6 Å². The van der Waals surface area contributed by atoms with Crippen LogP contribution in [-0.2, 0) is 5.41 Å². The Balaban J connectivity index is 1.32. The zero-order valence-corrected chi connectivity index (χ0v) is 27.9. The standard InChI is InChI=1S/C47H41N/c1-47(2)43-25-11-10-23-40(43)41-28-27-37(31-44(41)47)48(36-20-12-19-35(30-36)32-14-4-3-5-15-32)45-29-26-34-17-7-9-22-39(34)46(45)42-24-13-18-33-16-6-8-21-38(33)42/h6-13,16-32H,3-5,14-15H2,1-2H3. The molecule has 0 atom stereocenters. The molecule has 1 nitrogen and oxygen atoms in total. The first-order valence-electron chi connectivity index (χ1n) is 17.7. The minimum atomic E-state index is -0.0839. The second-order valence-corrected chi connectivity index (χ2v) is 14.4. The molecule has 0 heterocycles. The Hall–Kier alpha value is -5.14. The average Bonchev–Trinajstić information content (AvgIpc) is 3.37. The van der Waals surface area contributed by atoms with E-state index in [-0.39, 0.29) is 5.41 Å². The molecule has 0 bridgehead atoms. The van der Waals surface area contributed by atoms with Gasteiger partial charge in [-0.1, -0.05) is 148 Å². The van der Waals surface area contributed by atoms with Gasteiger partial charge in [0, 0.05) is 22.4 Å². The van der Waals surface area contributed by atoms with Gasteiger partial charge in [-0.15, -0.1) is 0 Å². The molecule has 7 aromatic carbocycles. The van der Waals surface area contributed by atoms with E-state index in [4.69, 9.17) is 0 Å². The number of nitrogens with zero attached hydrogens (tertiary/aromatic N) is 1. The first-order valence-corrected chi connectivity index (χ1v) is 17.7. The van der Waals surface area contributed by atoms with Gasteiger partial charge in [0.1, 0.15) is 0 Å². The molecule has 0 spiro atoms. The van der Waals surface area contributed by atoms with Crippen LogP contribution in [0.25, 0.3) is 43.8 Å². The first-order chi connectivity index (χ1) is 23.6. The molecule has 9 rings (SSSR count). The van der Waals surface area contributed by atoms with Crippen LogP contribution in [0.2, 0.25) is 0 Å². The summed E-state index contributed by atoms with van der Waals surface area (Å²) in [6.45, 7) is 4.76. The zero-order valence-electron chi connectivity index (χ0n) is 27.9. The summed E-state index contributed by atoms with van der Waals surface area (Å²) in [7, 11) is 0. The fraction of sp³-hybridized carbons (Fsp3) is 0.191. The van der Waals surface area contributed by atoms with Crippen LogP contribution in [0.4, 0.5) is 17.1 Å². The monoisotopic (exact) mass is 619 g/mol. The molecule has 7 aromatic rings. The third-order valence-corrected chi connectivity index (χ3v) is 11.2. The van der Waals surface area contributed by atoms with Gasteiger partial charge in [-0.05, 0) is 104 Å². The topological polar surface area (TPSA) is 3.24 Å². The van der Waals surface area contributed by atoms with Crippen molar-refractivity contribution in [1.29, 1.82) is 0 Å². The van der Waals surface area contributed by atoms with Gasteiger partial charge in [0.05, 0.1) is 5.69 Å². The molecule has 0 N–H and O–H groups in total. The van der Waals surface area contributed by atoms with Crippen LogP contribution in [0, 0.1) is 0 Å². The van der Waals surface area contributed by atoms with Gasteiger partial charge in [-0.3, -0.25) is 0 Å². The minimum Gasteiger partial charge on any atom is -0.310 e. The molecule has 0 aliphatic heterocycles. The normalized spacial score (nSPS) is 15.4. The van der Waals surface area contributed by atoms with E-state index in [1.807, 2.05) is 0 Å². The lowest BCUT2D eigenvalue weighted by Crippen LogP contribution is -2.17. The van der Waals surface area contributed by atoms with E-state index in [1.54, 1.807) is 0 Å². The molecule has 0 saturated heterocycles. The summed E-state index contributed by atoms with van der Waals surface area (Å²) in [5.74, 6) is 0.628. The highest BCUT2D eigenvalue weighted by Crippen LogP contribution is 2.52. The number of rotatable bonds is 5. The fourth-order valence-electron chi connectivity index (χ4n) is 8.79. The van der Waals surface area contributed by atoms with E-state index in [0.29, 0.717) is 5.92 Å². The number of hydrogen-bond acceptors (Lipinski definition) is 1. The Morgan fingerprint density at radius 2 is 1.15 bits per heavy atom. The van der Waals surface area contributed by atoms with E-state index >= 15 is 0 Å². The van der Waals surface area contributed by atoms with Crippen LogP contribution in [0.5, 0.6) is 0 Å². The van der Waals surface area contributed by atoms with Crippen molar-refractivity contribution < 1.29 is 0 Å². The highest BCUT2D eigenvalue weighted by atomic mass is 15.1. The van der Waals surface area contributed by atoms with Gasteiger partial charge in [-0.2, -0.15) is 0 Å². The molecular weight excluding hydrogens is 579 g/mol. The van der Waals surface area contributed by atoms with Crippen molar-refractivity contribution in [1.82, 2.24) is 0 Å². The van der Waals surface area contributed by atoms with Crippen molar-refractivity contribution in [2.24, 2.45) is 0 Å². The molecule has 0 amide bonds. The van der Waals surface area contributed by atoms with Crippen LogP contribution in [0.3, 0.4) is 0 Å². The SMILES string of the molecule is CC1(C)c2ccccc2-c2ccc(N(c3cccc(C4CCCCC4)c3)c3ccc4ccccc4c3-c3cccc4ccccc34)cc21. The van der Waals surface area contributed by atoms with Crippen molar-refractivity contribution in [2.75, 3.05) is 4.90 Å². The molecule has 0 unspecified atom stereocenters. The van der Waals surface area contributed by atoms with Crippen LogP contribution < -0.4 is 4.90 Å². The number of benzene rings is 7. The highest BCUT2D eigenvalue weighted by Gasteiger charge is 2.36. The quantitative estimate of drug-likeness (QED) is 0.185. The fourth-order valence-corrected chi connectivity index (χ4v) is 8.79. The molecule has 0 aromatic heterocycles. The van der Waals surface area contributed by atoms with Crippen molar-refractivity contribution in [3.8, 4) is 22.3 Å². The smallest absolute Gasteiger partial charge is 0.0546 e. The summed E-state index contributed by atoms with van der Waals surface area (Å²) < 4.78 is 0. The van der Waals surface area contributed by atoms with E-state index in [0.717, 1.165) is 0 Å². The lowest BCUT2D eigenvalue weighted by Gasteiger charge is -2.31. The van der Waals surface area contributed by atoms with Gasteiger partial charge in [-0.25, -0.2) is 0 Å². The van der Waals surface area contributed by atoms with E-state index < -0.39 is 0 Å². The van der Waals surface area contributed by atoms with Gasteiger partial charge < -0.3 is 4.90 Å². The molecule has 2 aliphatic carbocycles. The molecular formula is C47H41N. The third kappa shape index (κ3) is 4.67. The van der Waals surface area contributed by atoms with Gasteiger partial charge in [0.2, 0.25) is 0 Å². The Labute approximate surface area is 284 Å². The summed E-state index contributed by atoms with van der Waals surface area (Å²) in [5.41, 5.74) is 13.1. The molecule has 0 radical (unpaired) electrons. The van der Waals surface area contributed by atoms with E-state index in [1.165, 1.54) is 110 Å². The maximum atomic E-state index is 2.55. The molecule has 2 aliphatic rings. The lowest BCUT2D eigenvalue weighted by atomic mass is 9.82. The molecule has 1 saturated carbocycles. The van der Waals surface area contributed by atoms with Gasteiger partial charge in [0.15, 0.2) is 0 Å². The van der Waals surface area contributed by atoms with Crippen LogP contribution >= 0.6 is 0 Å². The summed E-state index contributed by atoms with van der Waals surface area (Å²) in [4.78, 5) is 2.55.